The molecule has 0 spiro atoms. The molecule has 2 aromatic carbocycles. The highest BCUT2D eigenvalue weighted by Gasteiger charge is 2.16. The monoisotopic (exact) mass is 354 g/mol. The first-order chi connectivity index (χ1) is 12.5. The van der Waals surface area contributed by atoms with Crippen LogP contribution in [0.25, 0.3) is 10.9 Å². The van der Waals surface area contributed by atoms with Crippen LogP contribution in [0, 0.1) is 5.82 Å². The first-order valence-corrected chi connectivity index (χ1v) is 8.20. The van der Waals surface area contributed by atoms with Crippen molar-refractivity contribution in [3.63, 3.8) is 0 Å². The normalized spacial score (nSPS) is 10.7. The predicted octanol–water partition coefficient (Wildman–Crippen LogP) is 2.66. The van der Waals surface area contributed by atoms with Crippen LogP contribution >= 0.6 is 0 Å². The van der Waals surface area contributed by atoms with Crippen molar-refractivity contribution in [1.29, 1.82) is 0 Å². The molecule has 1 aromatic heterocycles. The lowest BCUT2D eigenvalue weighted by molar-refractivity contribution is 0.0952. The number of nitrogens with one attached hydrogen (secondary N) is 1. The number of aromatic nitrogens is 1. The molecule has 0 fully saturated rings. The van der Waals surface area contributed by atoms with Gasteiger partial charge in [-0.1, -0.05) is 18.2 Å². The minimum atomic E-state index is -0.433. The number of nitrogens with zero attached hydrogens (tertiary/aromatic N) is 1. The second kappa shape index (κ2) is 7.39. The van der Waals surface area contributed by atoms with Crippen LogP contribution in [-0.4, -0.2) is 24.1 Å². The zero-order valence-corrected chi connectivity index (χ0v) is 14.6. The average Bonchev–Trinajstić information content (AvgIpc) is 2.65. The van der Waals surface area contributed by atoms with E-state index in [9.17, 15) is 14.0 Å². The molecule has 0 saturated heterocycles. The van der Waals surface area contributed by atoms with Crippen molar-refractivity contribution in [3.8, 4) is 5.75 Å². The van der Waals surface area contributed by atoms with E-state index in [4.69, 9.17) is 4.74 Å². The van der Waals surface area contributed by atoms with Crippen LogP contribution in [0.2, 0.25) is 0 Å². The number of rotatable bonds is 5. The lowest BCUT2D eigenvalue weighted by atomic mass is 10.1. The number of hydrogen-bond acceptors (Lipinski definition) is 3. The maximum atomic E-state index is 12.9. The van der Waals surface area contributed by atoms with E-state index >= 15 is 0 Å². The molecule has 0 bridgehead atoms. The van der Waals surface area contributed by atoms with Gasteiger partial charge in [0.1, 0.15) is 17.1 Å². The van der Waals surface area contributed by atoms with E-state index in [1.54, 1.807) is 41.9 Å². The summed E-state index contributed by atoms with van der Waals surface area (Å²) in [6.45, 7) is 0.351. The standard InChI is InChI=1S/C20H19FN2O3/c1-23-12-16(19(24)15-4-3-5-17(26-2)18(15)23)20(25)22-11-10-13-6-8-14(21)9-7-13/h3-9,12H,10-11H2,1-2H3,(H,22,25). The third kappa shape index (κ3) is 3.44. The number of pyridine rings is 1. The Morgan fingerprint density at radius 1 is 1.19 bits per heavy atom. The van der Waals surface area contributed by atoms with E-state index in [1.165, 1.54) is 25.4 Å². The van der Waals surface area contributed by atoms with Crippen molar-refractivity contribution in [3.05, 3.63) is 75.8 Å². The summed E-state index contributed by atoms with van der Waals surface area (Å²) in [6.07, 6.45) is 2.06. The van der Waals surface area contributed by atoms with E-state index in [0.717, 1.165) is 5.56 Å². The van der Waals surface area contributed by atoms with Gasteiger partial charge >= 0.3 is 0 Å². The number of ether oxygens (including phenoxy) is 1. The summed E-state index contributed by atoms with van der Waals surface area (Å²) in [7, 11) is 3.30. The lowest BCUT2D eigenvalue weighted by Crippen LogP contribution is -2.31. The maximum Gasteiger partial charge on any atom is 0.256 e. The molecule has 134 valence electrons. The highest BCUT2D eigenvalue weighted by atomic mass is 19.1. The third-order valence-corrected chi connectivity index (χ3v) is 4.24. The van der Waals surface area contributed by atoms with E-state index in [0.29, 0.717) is 29.6 Å². The topological polar surface area (TPSA) is 60.3 Å². The molecule has 0 aliphatic carbocycles. The van der Waals surface area contributed by atoms with Crippen molar-refractivity contribution >= 4 is 16.8 Å². The van der Waals surface area contributed by atoms with Crippen molar-refractivity contribution in [2.75, 3.05) is 13.7 Å². The zero-order chi connectivity index (χ0) is 18.7. The van der Waals surface area contributed by atoms with Gasteiger partial charge in [0.05, 0.1) is 18.0 Å². The number of aryl methyl sites for hydroxylation is 1. The van der Waals surface area contributed by atoms with Crippen LogP contribution in [0.1, 0.15) is 15.9 Å². The van der Waals surface area contributed by atoms with E-state index in [1.807, 2.05) is 0 Å². The zero-order valence-electron chi connectivity index (χ0n) is 14.6. The summed E-state index contributed by atoms with van der Waals surface area (Å²) >= 11 is 0. The number of amides is 1. The number of carbonyl (C=O) groups is 1. The average molecular weight is 354 g/mol. The molecule has 1 amide bonds. The number of benzene rings is 2. The summed E-state index contributed by atoms with van der Waals surface area (Å²) in [6, 6.07) is 11.3. The Hall–Kier alpha value is -3.15. The van der Waals surface area contributed by atoms with Crippen LogP contribution < -0.4 is 15.5 Å². The Kier molecular flexibility index (Phi) is 5.02. The molecular formula is C20H19FN2O3. The maximum absolute atomic E-state index is 12.9. The van der Waals surface area contributed by atoms with E-state index in [2.05, 4.69) is 5.32 Å². The van der Waals surface area contributed by atoms with Crippen molar-refractivity contribution in [1.82, 2.24) is 9.88 Å². The molecule has 1 heterocycles. The number of halogens is 1. The van der Waals surface area contributed by atoms with Crippen LogP contribution in [-0.2, 0) is 13.5 Å². The number of para-hydroxylation sites is 1. The van der Waals surface area contributed by atoms with Crippen molar-refractivity contribution in [2.45, 2.75) is 6.42 Å². The van der Waals surface area contributed by atoms with Crippen LogP contribution in [0.15, 0.2) is 53.5 Å². The van der Waals surface area contributed by atoms with E-state index < -0.39 is 5.91 Å². The predicted molar refractivity (Wildman–Crippen MR) is 98.2 cm³/mol. The fourth-order valence-electron chi connectivity index (χ4n) is 2.92. The van der Waals surface area contributed by atoms with Gasteiger partial charge in [-0.25, -0.2) is 4.39 Å². The Morgan fingerprint density at radius 2 is 1.92 bits per heavy atom. The largest absolute Gasteiger partial charge is 0.495 e. The van der Waals surface area contributed by atoms with Gasteiger partial charge in [-0.2, -0.15) is 0 Å². The first-order valence-electron chi connectivity index (χ1n) is 8.20. The molecular weight excluding hydrogens is 335 g/mol. The fraction of sp³-hybridized carbons (Fsp3) is 0.200. The summed E-state index contributed by atoms with van der Waals surface area (Å²) in [5.74, 6) is -0.157. The Balaban J connectivity index is 1.81. The number of fused-ring (bicyclic) bond motifs is 1. The lowest BCUT2D eigenvalue weighted by Gasteiger charge is -2.12. The molecule has 26 heavy (non-hydrogen) atoms. The van der Waals surface area contributed by atoms with E-state index in [-0.39, 0.29) is 16.8 Å². The molecule has 0 unspecified atom stereocenters. The molecule has 0 aliphatic rings. The SMILES string of the molecule is COc1cccc2c(=O)c(C(=O)NCCc3ccc(F)cc3)cn(C)c12. The molecule has 3 aromatic rings. The highest BCUT2D eigenvalue weighted by Crippen LogP contribution is 2.22. The summed E-state index contributed by atoms with van der Waals surface area (Å²) in [4.78, 5) is 25.1. The van der Waals surface area contributed by atoms with Crippen molar-refractivity contribution in [2.24, 2.45) is 7.05 Å². The van der Waals surface area contributed by atoms with Gasteiger partial charge in [-0.15, -0.1) is 0 Å². The van der Waals surface area contributed by atoms with Gasteiger partial charge in [0, 0.05) is 19.8 Å². The second-order valence-electron chi connectivity index (χ2n) is 5.97. The molecule has 0 saturated carbocycles. The number of carbonyl (C=O) groups excluding carboxylic acids is 1. The highest BCUT2D eigenvalue weighted by molar-refractivity contribution is 5.98. The third-order valence-electron chi connectivity index (χ3n) is 4.24. The Morgan fingerprint density at radius 3 is 2.62 bits per heavy atom. The van der Waals surface area contributed by atoms with Gasteiger partial charge in [-0.3, -0.25) is 9.59 Å². The summed E-state index contributed by atoms with van der Waals surface area (Å²) < 4.78 is 19.9. The molecule has 0 aliphatic heterocycles. The van der Waals surface area contributed by atoms with Crippen LogP contribution in [0.3, 0.4) is 0 Å². The van der Waals surface area contributed by atoms with Gasteiger partial charge < -0.3 is 14.6 Å². The van der Waals surface area contributed by atoms with Crippen LogP contribution in [0.5, 0.6) is 5.75 Å². The van der Waals surface area contributed by atoms with Crippen molar-refractivity contribution < 1.29 is 13.9 Å². The molecule has 3 rings (SSSR count). The van der Waals surface area contributed by atoms with Crippen LogP contribution in [0.4, 0.5) is 4.39 Å². The van der Waals surface area contributed by atoms with Gasteiger partial charge in [0.25, 0.3) is 5.91 Å². The summed E-state index contributed by atoms with van der Waals surface area (Å²) in [5.41, 5.74) is 1.29. The molecule has 1 N–H and O–H groups in total. The quantitative estimate of drug-likeness (QED) is 0.766. The Labute approximate surface area is 150 Å². The number of methoxy groups -OCH3 is 1. The molecule has 5 nitrogen and oxygen atoms in total. The van der Waals surface area contributed by atoms with Gasteiger partial charge in [0.2, 0.25) is 5.43 Å². The Bertz CT molecular complexity index is 1010. The summed E-state index contributed by atoms with van der Waals surface area (Å²) in [5, 5.41) is 3.17. The van der Waals surface area contributed by atoms with Gasteiger partial charge in [0.15, 0.2) is 0 Å². The minimum Gasteiger partial charge on any atom is -0.495 e. The van der Waals surface area contributed by atoms with Gasteiger partial charge in [-0.05, 0) is 36.2 Å². The fourth-order valence-corrected chi connectivity index (χ4v) is 2.92. The number of hydrogen-bond donors (Lipinski definition) is 1. The minimum absolute atomic E-state index is 0.0763. The molecule has 6 heteroatoms. The second-order valence-corrected chi connectivity index (χ2v) is 5.97. The smallest absolute Gasteiger partial charge is 0.256 e. The first kappa shape index (κ1) is 17.7. The molecule has 0 atom stereocenters. The molecule has 0 radical (unpaired) electrons.